The lowest BCUT2D eigenvalue weighted by molar-refractivity contribution is 0.0929. The zero-order valence-electron chi connectivity index (χ0n) is 17.4. The van der Waals surface area contributed by atoms with E-state index < -0.39 is 0 Å². The van der Waals surface area contributed by atoms with Gasteiger partial charge >= 0.3 is 0 Å². The van der Waals surface area contributed by atoms with Crippen LogP contribution in [0.3, 0.4) is 0 Å². The summed E-state index contributed by atoms with van der Waals surface area (Å²) in [5.74, 6) is 1.43. The van der Waals surface area contributed by atoms with Crippen molar-refractivity contribution < 1.29 is 4.79 Å². The largest absolute Gasteiger partial charge is 0.342 e. The maximum Gasteiger partial charge on any atom is 0.253 e. The monoisotopic (exact) mass is 496 g/mol. The molecule has 1 amide bonds. The van der Waals surface area contributed by atoms with E-state index in [1.165, 1.54) is 11.8 Å². The Labute approximate surface area is 201 Å². The molecule has 0 aliphatic carbocycles. The molecule has 2 aromatic carbocycles. The van der Waals surface area contributed by atoms with Crippen LogP contribution in [0.15, 0.2) is 47.6 Å². The molecule has 0 unspecified atom stereocenters. The predicted molar refractivity (Wildman–Crippen MR) is 128 cm³/mol. The summed E-state index contributed by atoms with van der Waals surface area (Å²) in [7, 11) is 1.90. The van der Waals surface area contributed by atoms with E-state index in [1.807, 2.05) is 23.7 Å². The third-order valence-corrected chi connectivity index (χ3v) is 6.67. The fourth-order valence-corrected chi connectivity index (χ4v) is 4.82. The molecule has 31 heavy (non-hydrogen) atoms. The van der Waals surface area contributed by atoms with Gasteiger partial charge in [-0.25, -0.2) is 0 Å². The number of carbonyl (C=O) groups is 1. The molecule has 0 aliphatic rings. The van der Waals surface area contributed by atoms with Crippen molar-refractivity contribution in [3.8, 4) is 0 Å². The standard InChI is InChI=1S/C22H23Cl3N4OS/c1-13(2)10-19(26-21(30)16-6-4-5-7-17(16)24)20-27-28-22(29(20)3)31-12-14-8-9-15(23)11-18(14)25/h4-9,11,13,19H,10,12H2,1-3H3,(H,26,30)/t19-/m1/s1. The van der Waals surface area contributed by atoms with Gasteiger partial charge in [0.25, 0.3) is 5.91 Å². The van der Waals surface area contributed by atoms with Crippen molar-refractivity contribution in [2.45, 2.75) is 37.2 Å². The highest BCUT2D eigenvalue weighted by Crippen LogP contribution is 2.29. The van der Waals surface area contributed by atoms with Crippen molar-refractivity contribution in [2.75, 3.05) is 0 Å². The fourth-order valence-electron chi connectivity index (χ4n) is 3.12. The minimum absolute atomic E-state index is 0.235. The third-order valence-electron chi connectivity index (χ3n) is 4.68. The van der Waals surface area contributed by atoms with E-state index in [1.54, 1.807) is 30.3 Å². The molecule has 5 nitrogen and oxygen atoms in total. The van der Waals surface area contributed by atoms with Gasteiger partial charge < -0.3 is 9.88 Å². The number of benzene rings is 2. The Morgan fingerprint density at radius 1 is 1.10 bits per heavy atom. The molecule has 1 heterocycles. The Morgan fingerprint density at radius 2 is 1.84 bits per heavy atom. The Balaban J connectivity index is 1.78. The molecule has 0 aliphatic heterocycles. The second-order valence-electron chi connectivity index (χ2n) is 7.56. The van der Waals surface area contributed by atoms with Gasteiger partial charge in [0.1, 0.15) is 0 Å². The molecule has 1 N–H and O–H groups in total. The number of nitrogens with one attached hydrogen (secondary N) is 1. The molecule has 0 saturated heterocycles. The van der Waals surface area contributed by atoms with Gasteiger partial charge in [0.15, 0.2) is 11.0 Å². The van der Waals surface area contributed by atoms with Gasteiger partial charge in [-0.1, -0.05) is 78.6 Å². The lowest BCUT2D eigenvalue weighted by atomic mass is 10.0. The first-order valence-electron chi connectivity index (χ1n) is 9.77. The van der Waals surface area contributed by atoms with Crippen LogP contribution in [0, 0.1) is 5.92 Å². The lowest BCUT2D eigenvalue weighted by Crippen LogP contribution is -2.31. The average Bonchev–Trinajstić information content (AvgIpc) is 3.07. The van der Waals surface area contributed by atoms with Gasteiger partial charge in [-0.05, 0) is 42.2 Å². The van der Waals surface area contributed by atoms with E-state index in [-0.39, 0.29) is 11.9 Å². The first kappa shape index (κ1) is 23.9. The first-order chi connectivity index (χ1) is 14.8. The molecule has 9 heteroatoms. The quantitative estimate of drug-likeness (QED) is 0.357. The highest BCUT2D eigenvalue weighted by molar-refractivity contribution is 7.98. The summed E-state index contributed by atoms with van der Waals surface area (Å²) in [6.45, 7) is 4.20. The van der Waals surface area contributed by atoms with Gasteiger partial charge in [0.05, 0.1) is 16.6 Å². The van der Waals surface area contributed by atoms with Crippen molar-refractivity contribution >= 4 is 52.5 Å². The second-order valence-corrected chi connectivity index (χ2v) is 9.75. The molecule has 0 radical (unpaired) electrons. The van der Waals surface area contributed by atoms with Crippen LogP contribution in [-0.2, 0) is 12.8 Å². The van der Waals surface area contributed by atoms with Crippen LogP contribution in [0.2, 0.25) is 15.1 Å². The number of aromatic nitrogens is 3. The maximum absolute atomic E-state index is 12.8. The average molecular weight is 498 g/mol. The summed E-state index contributed by atoms with van der Waals surface area (Å²) < 4.78 is 1.91. The van der Waals surface area contributed by atoms with E-state index in [9.17, 15) is 4.79 Å². The summed E-state index contributed by atoms with van der Waals surface area (Å²) in [5.41, 5.74) is 1.40. The van der Waals surface area contributed by atoms with Crippen molar-refractivity contribution in [1.29, 1.82) is 0 Å². The van der Waals surface area contributed by atoms with Crippen LogP contribution in [0.1, 0.15) is 48.1 Å². The lowest BCUT2D eigenvalue weighted by Gasteiger charge is -2.20. The van der Waals surface area contributed by atoms with E-state index in [4.69, 9.17) is 34.8 Å². The van der Waals surface area contributed by atoms with Crippen molar-refractivity contribution in [2.24, 2.45) is 13.0 Å². The summed E-state index contributed by atoms with van der Waals surface area (Å²) in [6.07, 6.45) is 0.718. The molecule has 1 atom stereocenters. The number of nitrogens with zero attached hydrogens (tertiary/aromatic N) is 3. The minimum Gasteiger partial charge on any atom is -0.342 e. The number of hydrogen-bond acceptors (Lipinski definition) is 4. The molecule has 164 valence electrons. The van der Waals surface area contributed by atoms with Gasteiger partial charge in [-0.15, -0.1) is 10.2 Å². The molecular weight excluding hydrogens is 475 g/mol. The Morgan fingerprint density at radius 3 is 2.52 bits per heavy atom. The van der Waals surface area contributed by atoms with E-state index in [2.05, 4.69) is 29.4 Å². The van der Waals surface area contributed by atoms with Gasteiger partial charge in [-0.3, -0.25) is 4.79 Å². The van der Waals surface area contributed by atoms with Crippen molar-refractivity contribution in [1.82, 2.24) is 20.1 Å². The van der Waals surface area contributed by atoms with E-state index in [0.717, 1.165) is 17.1 Å². The molecule has 3 rings (SSSR count). The number of amides is 1. The summed E-state index contributed by atoms with van der Waals surface area (Å²) >= 11 is 20.0. The SMILES string of the molecule is CC(C)C[C@@H](NC(=O)c1ccccc1Cl)c1nnc(SCc2ccc(Cl)cc2Cl)n1C. The van der Waals surface area contributed by atoms with Crippen LogP contribution in [0.25, 0.3) is 0 Å². The maximum atomic E-state index is 12.8. The molecular formula is C22H23Cl3N4OS. The summed E-state index contributed by atoms with van der Waals surface area (Å²) in [6, 6.07) is 12.1. The second kappa shape index (κ2) is 10.7. The van der Waals surface area contributed by atoms with Crippen LogP contribution < -0.4 is 5.32 Å². The van der Waals surface area contributed by atoms with Crippen LogP contribution in [0.4, 0.5) is 0 Å². The van der Waals surface area contributed by atoms with Gasteiger partial charge in [-0.2, -0.15) is 0 Å². The Kier molecular flexibility index (Phi) is 8.28. The van der Waals surface area contributed by atoms with Crippen LogP contribution >= 0.6 is 46.6 Å². The molecule has 1 aromatic heterocycles. The van der Waals surface area contributed by atoms with E-state index >= 15 is 0 Å². The molecule has 0 saturated carbocycles. The van der Waals surface area contributed by atoms with Gasteiger partial charge in [0.2, 0.25) is 0 Å². The first-order valence-corrected chi connectivity index (χ1v) is 11.9. The highest BCUT2D eigenvalue weighted by Gasteiger charge is 2.24. The molecule has 0 bridgehead atoms. The van der Waals surface area contributed by atoms with Crippen LogP contribution in [-0.4, -0.2) is 20.7 Å². The third kappa shape index (κ3) is 6.16. The smallest absolute Gasteiger partial charge is 0.253 e. The number of hydrogen-bond donors (Lipinski definition) is 1. The minimum atomic E-state index is -0.297. The van der Waals surface area contributed by atoms with Crippen molar-refractivity contribution in [3.63, 3.8) is 0 Å². The highest BCUT2D eigenvalue weighted by atomic mass is 35.5. The molecule has 3 aromatic rings. The Bertz CT molecular complexity index is 1070. The number of halogens is 3. The topological polar surface area (TPSA) is 59.8 Å². The van der Waals surface area contributed by atoms with Crippen molar-refractivity contribution in [3.05, 3.63) is 74.5 Å². The fraction of sp³-hybridized carbons (Fsp3) is 0.318. The predicted octanol–water partition coefficient (Wildman–Crippen LogP) is 6.58. The van der Waals surface area contributed by atoms with E-state index in [0.29, 0.717) is 38.1 Å². The number of rotatable bonds is 8. The molecule has 0 spiro atoms. The number of carbonyl (C=O) groups excluding carboxylic acids is 1. The Hall–Kier alpha value is -1.73. The van der Waals surface area contributed by atoms with Crippen LogP contribution in [0.5, 0.6) is 0 Å². The zero-order valence-corrected chi connectivity index (χ0v) is 20.5. The molecule has 0 fully saturated rings. The van der Waals surface area contributed by atoms with Gasteiger partial charge in [0, 0.05) is 22.8 Å². The number of thioether (sulfide) groups is 1. The summed E-state index contributed by atoms with van der Waals surface area (Å²) in [5, 5.41) is 14.2. The zero-order chi connectivity index (χ0) is 22.5. The summed E-state index contributed by atoms with van der Waals surface area (Å²) in [4.78, 5) is 12.8. The normalized spacial score (nSPS) is 12.2.